The van der Waals surface area contributed by atoms with Crippen molar-refractivity contribution < 1.29 is 50.6 Å². The molecule has 0 saturated carbocycles. The van der Waals surface area contributed by atoms with Crippen molar-refractivity contribution in [3.63, 3.8) is 0 Å². The Hall–Kier alpha value is -3.06. The van der Waals surface area contributed by atoms with Gasteiger partial charge in [0, 0.05) is 17.8 Å². The van der Waals surface area contributed by atoms with E-state index in [1.165, 1.54) is 31.4 Å². The number of phenols is 1. The molecular formula is C32H30BBr3Cl2F6N2O6. The van der Waals surface area contributed by atoms with E-state index in [1.807, 2.05) is 13.8 Å². The fourth-order valence-corrected chi connectivity index (χ4v) is 3.92. The van der Waals surface area contributed by atoms with Gasteiger partial charge in [-0.2, -0.15) is 26.3 Å². The van der Waals surface area contributed by atoms with E-state index < -0.39 is 45.6 Å². The molecule has 0 aliphatic rings. The molecule has 0 bridgehead atoms. The van der Waals surface area contributed by atoms with Gasteiger partial charge in [-0.25, -0.2) is 0 Å². The monoisotopic (exact) mass is 970 g/mol. The molecule has 3 N–H and O–H groups in total. The molecule has 8 nitrogen and oxygen atoms in total. The highest BCUT2D eigenvalue weighted by atomic mass is 79.9. The number of anilines is 1. The topological polar surface area (TPSA) is 117 Å². The molecule has 284 valence electrons. The third-order valence-corrected chi connectivity index (χ3v) is 6.30. The van der Waals surface area contributed by atoms with Gasteiger partial charge in [-0.15, -0.1) is 70.5 Å². The Morgan fingerprint density at radius 1 is 0.750 bits per heavy atom. The number of nitro benzene ring substituents is 1. The highest BCUT2D eigenvalue weighted by Gasteiger charge is 2.37. The molecule has 0 radical (unpaired) electrons. The maximum absolute atomic E-state index is 13.2. The van der Waals surface area contributed by atoms with E-state index in [0.717, 1.165) is 41.8 Å². The van der Waals surface area contributed by atoms with Crippen LogP contribution in [0.4, 0.5) is 37.7 Å². The Kier molecular flexibility index (Phi) is 20.1. The second kappa shape index (κ2) is 22.2. The normalized spacial score (nSPS) is 10.7. The molecule has 4 aromatic rings. The van der Waals surface area contributed by atoms with E-state index in [0.29, 0.717) is 12.5 Å². The molecule has 0 spiro atoms. The van der Waals surface area contributed by atoms with Gasteiger partial charge >= 0.3 is 15.5 Å². The van der Waals surface area contributed by atoms with Crippen LogP contribution in [-0.2, 0) is 25.2 Å². The summed E-state index contributed by atoms with van der Waals surface area (Å²) >= 11 is 18.8. The van der Waals surface area contributed by atoms with Gasteiger partial charge in [0.25, 0.3) is 5.69 Å². The van der Waals surface area contributed by atoms with Crippen LogP contribution in [0.3, 0.4) is 0 Å². The van der Waals surface area contributed by atoms with Gasteiger partial charge in [-0.1, -0.05) is 26.0 Å². The lowest BCUT2D eigenvalue weighted by molar-refractivity contribution is -0.385. The van der Waals surface area contributed by atoms with Gasteiger partial charge in [0.1, 0.15) is 22.6 Å². The number of methoxy groups -OCH3 is 1. The zero-order valence-corrected chi connectivity index (χ0v) is 33.6. The third-order valence-electron chi connectivity index (χ3n) is 6.30. The lowest BCUT2D eigenvalue weighted by Gasteiger charge is -2.15. The second-order valence-electron chi connectivity index (χ2n) is 9.74. The molecule has 0 heterocycles. The fourth-order valence-electron chi connectivity index (χ4n) is 3.92. The molecule has 0 aliphatic heterocycles. The predicted molar refractivity (Wildman–Crippen MR) is 203 cm³/mol. The van der Waals surface area contributed by atoms with Crippen LogP contribution < -0.4 is 19.9 Å². The first-order chi connectivity index (χ1) is 24.2. The summed E-state index contributed by atoms with van der Waals surface area (Å²) < 4.78 is 94.3. The summed E-state index contributed by atoms with van der Waals surface area (Å²) in [6.07, 6.45) is -7.97. The van der Waals surface area contributed by atoms with E-state index in [2.05, 4.69) is 47.3 Å². The van der Waals surface area contributed by atoms with Crippen LogP contribution in [0.15, 0.2) is 72.8 Å². The quantitative estimate of drug-likeness (QED) is 0.0451. The van der Waals surface area contributed by atoms with Crippen LogP contribution >= 0.6 is 70.5 Å². The number of nitrogens with two attached hydrogens (primary N) is 1. The summed E-state index contributed by atoms with van der Waals surface area (Å²) in [5.41, 5.74) is 4.28. The maximum Gasteiger partial charge on any atom is 0.420 e. The molecule has 0 atom stereocenters. The SMILES string of the molecule is BrB(Br)Br.CCc1ccc(Oc2ccc(N)cc2C(F)(F)F)c(O)c1.CCc1ccc(Oc2ccc([N+](=O)[O-])cc2C(F)(F)F)c(OC)c1.ClCCl. The molecule has 0 aliphatic carbocycles. The van der Waals surface area contributed by atoms with Crippen molar-refractivity contribution in [2.45, 2.75) is 39.0 Å². The van der Waals surface area contributed by atoms with E-state index in [1.54, 1.807) is 18.2 Å². The minimum Gasteiger partial charge on any atom is -0.504 e. The molecule has 0 unspecified atom stereocenters. The molecular weight excluding hydrogens is 944 g/mol. The van der Waals surface area contributed by atoms with Gasteiger partial charge in [-0.3, -0.25) is 10.1 Å². The Bertz CT molecular complexity index is 1760. The standard InChI is InChI=1S/C16H14F3NO4.C15H14F3NO2.CH2Cl2.BBr3/c1-3-10-4-6-14(15(8-10)23-2)24-13-7-5-11(20(21)22)9-12(13)16(17,18)19;1-2-9-3-5-14(12(20)7-9)21-13-6-4-10(19)8-11(13)15(16,17)18;2-1-3;2-1(3)4/h4-9H,3H2,1-2H3;3-8,20H,2,19H2,1H3;1H2;. The van der Waals surface area contributed by atoms with Crippen molar-refractivity contribution in [1.82, 2.24) is 0 Å². The van der Waals surface area contributed by atoms with Crippen molar-refractivity contribution >= 4 is 85.0 Å². The van der Waals surface area contributed by atoms with Crippen LogP contribution in [0, 0.1) is 10.1 Å². The van der Waals surface area contributed by atoms with Crippen molar-refractivity contribution in [1.29, 1.82) is 0 Å². The number of nitro groups is 1. The van der Waals surface area contributed by atoms with Crippen LogP contribution in [0.1, 0.15) is 36.1 Å². The molecule has 52 heavy (non-hydrogen) atoms. The number of phenolic OH excluding ortho intramolecular Hbond substituents is 1. The Morgan fingerprint density at radius 3 is 1.62 bits per heavy atom. The van der Waals surface area contributed by atoms with Crippen molar-refractivity contribution in [3.8, 4) is 34.5 Å². The summed E-state index contributed by atoms with van der Waals surface area (Å²) in [5, 5.41) is 20.7. The number of aromatic hydroxyl groups is 1. The number of benzene rings is 4. The summed E-state index contributed by atoms with van der Waals surface area (Å²) in [6.45, 7) is 3.82. The summed E-state index contributed by atoms with van der Waals surface area (Å²) in [4.78, 5) is 9.80. The second-order valence-corrected chi connectivity index (χ2v) is 17.0. The largest absolute Gasteiger partial charge is 0.504 e. The maximum atomic E-state index is 13.2. The van der Waals surface area contributed by atoms with Gasteiger partial charge in [0.15, 0.2) is 23.0 Å². The number of rotatable bonds is 8. The number of alkyl halides is 8. The van der Waals surface area contributed by atoms with Gasteiger partial charge in [0.05, 0.1) is 17.4 Å². The molecule has 4 aromatic carbocycles. The van der Waals surface area contributed by atoms with Crippen molar-refractivity contribution in [2.24, 2.45) is 0 Å². The molecule has 0 amide bonds. The summed E-state index contributed by atoms with van der Waals surface area (Å²) in [7, 11) is 1.38. The number of nitrogen functional groups attached to an aromatic ring is 1. The lowest BCUT2D eigenvalue weighted by atomic mass is 10.1. The Balaban J connectivity index is 0.000000444. The lowest BCUT2D eigenvalue weighted by Crippen LogP contribution is -2.08. The smallest absolute Gasteiger partial charge is 0.420 e. The first-order valence-corrected chi connectivity index (χ1v) is 18.2. The van der Waals surface area contributed by atoms with E-state index in [9.17, 15) is 41.6 Å². The predicted octanol–water partition coefficient (Wildman–Crippen LogP) is 12.9. The van der Waals surface area contributed by atoms with Crippen LogP contribution in [0.25, 0.3) is 0 Å². The summed E-state index contributed by atoms with van der Waals surface area (Å²) in [6, 6.07) is 15.0. The summed E-state index contributed by atoms with van der Waals surface area (Å²) in [5.74, 6) is -0.816. The van der Waals surface area contributed by atoms with E-state index >= 15 is 0 Å². The van der Waals surface area contributed by atoms with Crippen LogP contribution in [0.5, 0.6) is 34.5 Å². The Morgan fingerprint density at radius 2 is 1.17 bits per heavy atom. The number of ether oxygens (including phenoxy) is 3. The molecule has 20 heteroatoms. The molecule has 0 aromatic heterocycles. The van der Waals surface area contributed by atoms with Crippen LogP contribution in [0.2, 0.25) is 0 Å². The minimum absolute atomic E-state index is 0.0137. The number of non-ortho nitro benzene ring substituents is 1. The van der Waals surface area contributed by atoms with Gasteiger partial charge in [-0.05, 0) is 72.5 Å². The zero-order chi connectivity index (χ0) is 39.8. The first kappa shape index (κ1) is 47.0. The van der Waals surface area contributed by atoms with Gasteiger partial charge in [0.2, 0.25) is 0 Å². The van der Waals surface area contributed by atoms with E-state index in [-0.39, 0.29) is 37.2 Å². The average molecular weight is 974 g/mol. The van der Waals surface area contributed by atoms with E-state index in [4.69, 9.17) is 43.1 Å². The first-order valence-electron chi connectivity index (χ1n) is 14.4. The molecule has 4 rings (SSSR count). The van der Waals surface area contributed by atoms with Crippen LogP contribution in [-0.4, -0.2) is 25.7 Å². The van der Waals surface area contributed by atoms with Crippen molar-refractivity contribution in [2.75, 3.05) is 18.2 Å². The number of halogens is 11. The van der Waals surface area contributed by atoms with Gasteiger partial charge < -0.3 is 25.1 Å². The molecule has 0 saturated heterocycles. The van der Waals surface area contributed by atoms with Crippen molar-refractivity contribution in [3.05, 3.63) is 105 Å². The number of hydrogen-bond donors (Lipinski definition) is 2. The average Bonchev–Trinajstić information content (AvgIpc) is 3.06. The minimum atomic E-state index is -4.79. The third kappa shape index (κ3) is 15.9. The highest BCUT2D eigenvalue weighted by Crippen LogP contribution is 2.43. The highest BCUT2D eigenvalue weighted by molar-refractivity contribution is 9.69. The number of hydrogen-bond acceptors (Lipinski definition) is 7. The zero-order valence-electron chi connectivity index (χ0n) is 27.3. The fraction of sp³-hybridized carbons (Fsp3) is 0.250. The molecule has 0 fully saturated rings. The Labute approximate surface area is 330 Å². The number of nitrogens with zero attached hydrogens (tertiary/aromatic N) is 1. The number of aryl methyl sites for hydroxylation is 2.